The first kappa shape index (κ1) is 18.7. The molecule has 0 bridgehead atoms. The second kappa shape index (κ2) is 8.54. The molecule has 1 N–H and O–H groups in total. The topological polar surface area (TPSA) is 32.7 Å². The predicted molar refractivity (Wildman–Crippen MR) is 105 cm³/mol. The first-order valence-electron chi connectivity index (χ1n) is 8.53. The number of ether oxygens (including phenoxy) is 1. The second-order valence-electron chi connectivity index (χ2n) is 6.77. The molecule has 0 aromatic heterocycles. The summed E-state index contributed by atoms with van der Waals surface area (Å²) < 4.78 is 7.07. The number of nitrogens with zero attached hydrogens (tertiary/aromatic N) is 1. The lowest BCUT2D eigenvalue weighted by molar-refractivity contribution is 0.251. The quantitative estimate of drug-likeness (QED) is 0.646. The molecule has 3 nitrogen and oxygen atoms in total. The molecule has 1 saturated carbocycles. The van der Waals surface area contributed by atoms with Crippen LogP contribution >= 0.6 is 27.5 Å². The van der Waals surface area contributed by atoms with Crippen LogP contribution in [0.15, 0.2) is 40.9 Å². The van der Waals surface area contributed by atoms with Crippen molar-refractivity contribution in [2.24, 2.45) is 5.92 Å². The zero-order chi connectivity index (χ0) is 17.8. The van der Waals surface area contributed by atoms with Crippen molar-refractivity contribution >= 4 is 27.5 Å². The highest BCUT2D eigenvalue weighted by atomic mass is 79.9. The van der Waals surface area contributed by atoms with Gasteiger partial charge in [-0.15, -0.1) is 0 Å². The fourth-order valence-electron chi connectivity index (χ4n) is 2.96. The lowest BCUT2D eigenvalue weighted by Gasteiger charge is -2.21. The molecule has 0 spiro atoms. The van der Waals surface area contributed by atoms with Crippen LogP contribution in [-0.2, 0) is 19.8 Å². The van der Waals surface area contributed by atoms with E-state index in [-0.39, 0.29) is 6.61 Å². The first-order valence-corrected chi connectivity index (χ1v) is 9.70. The van der Waals surface area contributed by atoms with Crippen LogP contribution in [0.1, 0.15) is 29.5 Å². The molecule has 0 amide bonds. The van der Waals surface area contributed by atoms with E-state index in [0.29, 0.717) is 11.6 Å². The maximum absolute atomic E-state index is 9.76. The number of benzene rings is 2. The van der Waals surface area contributed by atoms with Crippen LogP contribution in [0.4, 0.5) is 0 Å². The number of hydrogen-bond donors (Lipinski definition) is 1. The Morgan fingerprint density at radius 2 is 1.88 bits per heavy atom. The molecule has 0 saturated heterocycles. The zero-order valence-corrected chi connectivity index (χ0v) is 16.7. The Morgan fingerprint density at radius 1 is 1.20 bits per heavy atom. The minimum Gasteiger partial charge on any atom is -0.488 e. The highest BCUT2D eigenvalue weighted by Crippen LogP contribution is 2.33. The van der Waals surface area contributed by atoms with E-state index in [2.05, 4.69) is 33.9 Å². The normalized spacial score (nSPS) is 14.1. The van der Waals surface area contributed by atoms with Gasteiger partial charge in [0.05, 0.1) is 6.61 Å². The Morgan fingerprint density at radius 3 is 2.52 bits per heavy atom. The zero-order valence-electron chi connectivity index (χ0n) is 14.3. The summed E-state index contributed by atoms with van der Waals surface area (Å²) in [5, 5.41) is 10.5. The molecule has 0 aliphatic heterocycles. The van der Waals surface area contributed by atoms with Gasteiger partial charge in [-0.2, -0.15) is 0 Å². The molecule has 1 aliphatic rings. The van der Waals surface area contributed by atoms with Crippen molar-refractivity contribution in [1.82, 2.24) is 4.90 Å². The Hall–Kier alpha value is -1.07. The van der Waals surface area contributed by atoms with Crippen molar-refractivity contribution in [3.05, 3.63) is 62.6 Å². The summed E-state index contributed by atoms with van der Waals surface area (Å²) in [6.07, 6.45) is 2.68. The smallest absolute Gasteiger partial charge is 0.129 e. The Balaban J connectivity index is 1.77. The van der Waals surface area contributed by atoms with Gasteiger partial charge in [0, 0.05) is 33.7 Å². The van der Waals surface area contributed by atoms with Gasteiger partial charge in [0.25, 0.3) is 0 Å². The van der Waals surface area contributed by atoms with Gasteiger partial charge in [-0.1, -0.05) is 39.7 Å². The third-order valence-electron chi connectivity index (χ3n) is 4.38. The van der Waals surface area contributed by atoms with Gasteiger partial charge in [-0.05, 0) is 55.6 Å². The van der Waals surface area contributed by atoms with Crippen molar-refractivity contribution in [3.63, 3.8) is 0 Å². The van der Waals surface area contributed by atoms with Crippen LogP contribution in [0.5, 0.6) is 5.75 Å². The molecule has 25 heavy (non-hydrogen) atoms. The molecule has 0 atom stereocenters. The Bertz CT molecular complexity index is 716. The highest BCUT2D eigenvalue weighted by molar-refractivity contribution is 9.10. The van der Waals surface area contributed by atoms with Crippen LogP contribution in [0, 0.1) is 5.92 Å². The van der Waals surface area contributed by atoms with E-state index in [9.17, 15) is 5.11 Å². The molecular weight excluding hydrogens is 402 g/mol. The fourth-order valence-corrected chi connectivity index (χ4v) is 3.64. The first-order chi connectivity index (χ1) is 12.0. The lowest BCUT2D eigenvalue weighted by atomic mass is 10.1. The van der Waals surface area contributed by atoms with Crippen LogP contribution in [0.2, 0.25) is 5.02 Å². The molecule has 0 unspecified atom stereocenters. The summed E-state index contributed by atoms with van der Waals surface area (Å²) in [7, 11) is 2.14. The van der Waals surface area contributed by atoms with Crippen molar-refractivity contribution < 1.29 is 9.84 Å². The number of hydrogen-bond acceptors (Lipinski definition) is 3. The summed E-state index contributed by atoms with van der Waals surface area (Å²) in [6.45, 7) is 2.32. The van der Waals surface area contributed by atoms with E-state index in [1.807, 2.05) is 30.3 Å². The minimum absolute atomic E-state index is 0.0469. The van der Waals surface area contributed by atoms with Crippen molar-refractivity contribution in [3.8, 4) is 5.75 Å². The summed E-state index contributed by atoms with van der Waals surface area (Å²) in [5.74, 6) is 1.62. The summed E-state index contributed by atoms with van der Waals surface area (Å²) in [5.41, 5.74) is 2.95. The average molecular weight is 425 g/mol. The Labute approximate surface area is 162 Å². The van der Waals surface area contributed by atoms with Gasteiger partial charge in [0.15, 0.2) is 0 Å². The van der Waals surface area contributed by atoms with E-state index in [1.54, 1.807) is 0 Å². The summed E-state index contributed by atoms with van der Waals surface area (Å²) >= 11 is 9.48. The van der Waals surface area contributed by atoms with Crippen LogP contribution in [0.25, 0.3) is 0 Å². The van der Waals surface area contributed by atoms with Crippen LogP contribution in [-0.4, -0.2) is 23.6 Å². The van der Waals surface area contributed by atoms with Gasteiger partial charge >= 0.3 is 0 Å². The van der Waals surface area contributed by atoms with Crippen LogP contribution in [0.3, 0.4) is 0 Å². The average Bonchev–Trinajstić information content (AvgIpc) is 3.38. The number of halogens is 2. The monoisotopic (exact) mass is 423 g/mol. The maximum Gasteiger partial charge on any atom is 0.129 e. The molecule has 5 heteroatoms. The van der Waals surface area contributed by atoms with Gasteiger partial charge < -0.3 is 14.7 Å². The maximum atomic E-state index is 9.76. The number of aliphatic hydroxyl groups excluding tert-OH is 1. The predicted octanol–water partition coefficient (Wildman–Crippen LogP) is 5.02. The van der Waals surface area contributed by atoms with Crippen molar-refractivity contribution in [2.75, 3.05) is 13.6 Å². The van der Waals surface area contributed by atoms with Crippen LogP contribution < -0.4 is 4.74 Å². The molecule has 3 rings (SSSR count). The van der Waals surface area contributed by atoms with Gasteiger partial charge in [0.2, 0.25) is 0 Å². The van der Waals surface area contributed by atoms with Gasteiger partial charge in [-0.3, -0.25) is 0 Å². The third kappa shape index (κ3) is 5.45. The third-order valence-corrected chi connectivity index (χ3v) is 5.09. The lowest BCUT2D eigenvalue weighted by Crippen LogP contribution is -2.21. The van der Waals surface area contributed by atoms with E-state index < -0.39 is 0 Å². The highest BCUT2D eigenvalue weighted by Gasteiger charge is 2.23. The van der Waals surface area contributed by atoms with Crippen molar-refractivity contribution in [1.29, 1.82) is 0 Å². The number of aliphatic hydroxyl groups is 1. The van der Waals surface area contributed by atoms with Crippen molar-refractivity contribution in [2.45, 2.75) is 32.6 Å². The van der Waals surface area contributed by atoms with Gasteiger partial charge in [-0.25, -0.2) is 0 Å². The second-order valence-corrected chi connectivity index (χ2v) is 8.12. The SMILES string of the molecule is CN(Cc1cc(Br)cc(CO)c1OCc1ccc(Cl)cc1)CC1CC1. The van der Waals surface area contributed by atoms with E-state index >= 15 is 0 Å². The molecular formula is C20H23BrClNO2. The van der Waals surface area contributed by atoms with Gasteiger partial charge in [0.1, 0.15) is 12.4 Å². The molecule has 2 aromatic carbocycles. The minimum atomic E-state index is -0.0469. The Kier molecular flexibility index (Phi) is 6.39. The standard InChI is InChI=1S/C20H23BrClNO2/c1-23(10-14-2-3-14)11-16-8-18(21)9-17(12-24)20(16)25-13-15-4-6-19(22)7-5-15/h4-9,14,24H,2-3,10-13H2,1H3. The summed E-state index contributed by atoms with van der Waals surface area (Å²) in [6, 6.07) is 11.6. The van der Waals surface area contributed by atoms with E-state index in [4.69, 9.17) is 16.3 Å². The molecule has 0 radical (unpaired) electrons. The molecule has 2 aromatic rings. The molecule has 134 valence electrons. The largest absolute Gasteiger partial charge is 0.488 e. The fraction of sp³-hybridized carbons (Fsp3) is 0.400. The van der Waals surface area contributed by atoms with E-state index in [1.165, 1.54) is 12.8 Å². The summed E-state index contributed by atoms with van der Waals surface area (Å²) in [4.78, 5) is 2.33. The van der Waals surface area contributed by atoms with E-state index in [0.717, 1.165) is 45.9 Å². The molecule has 1 aliphatic carbocycles. The molecule has 1 fully saturated rings. The number of rotatable bonds is 8. The molecule has 0 heterocycles.